The van der Waals surface area contributed by atoms with Gasteiger partial charge in [0.25, 0.3) is 0 Å². The number of ether oxygens (including phenoxy) is 2. The maximum Gasteiger partial charge on any atom is 0.122 e. The van der Waals surface area contributed by atoms with Crippen molar-refractivity contribution in [3.05, 3.63) is 29.3 Å². The molecule has 2 rings (SSSR count). The van der Waals surface area contributed by atoms with Crippen LogP contribution in [0.1, 0.15) is 50.7 Å². The molecule has 0 aromatic heterocycles. The average molecular weight is 291 g/mol. The van der Waals surface area contributed by atoms with Crippen LogP contribution in [0.15, 0.2) is 18.2 Å². The van der Waals surface area contributed by atoms with Gasteiger partial charge < -0.3 is 14.8 Å². The van der Waals surface area contributed by atoms with Crippen molar-refractivity contribution in [1.82, 2.24) is 5.32 Å². The van der Waals surface area contributed by atoms with Gasteiger partial charge in [0, 0.05) is 19.7 Å². The molecule has 1 N–H and O–H groups in total. The van der Waals surface area contributed by atoms with Gasteiger partial charge in [-0.05, 0) is 49.8 Å². The Labute approximate surface area is 129 Å². The van der Waals surface area contributed by atoms with E-state index in [4.69, 9.17) is 9.47 Å². The van der Waals surface area contributed by atoms with Gasteiger partial charge in [0.05, 0.1) is 6.10 Å². The van der Waals surface area contributed by atoms with Gasteiger partial charge in [0.1, 0.15) is 11.9 Å². The second kappa shape index (κ2) is 7.81. The lowest BCUT2D eigenvalue weighted by molar-refractivity contribution is 0.106. The van der Waals surface area contributed by atoms with Crippen LogP contribution in [0.2, 0.25) is 0 Å². The van der Waals surface area contributed by atoms with Gasteiger partial charge in [-0.15, -0.1) is 0 Å². The fourth-order valence-electron chi connectivity index (χ4n) is 2.61. The van der Waals surface area contributed by atoms with E-state index in [0.717, 1.165) is 25.4 Å². The molecule has 1 aliphatic heterocycles. The summed E-state index contributed by atoms with van der Waals surface area (Å²) >= 11 is 0. The highest BCUT2D eigenvalue weighted by Crippen LogP contribution is 2.25. The standard InChI is InChI=1S/C18H29NO2/c1-13(2)16-8-7-14(3)18(10-16)21-15(4)11-19-12-17-6-5-9-20-17/h7-8,10,13,15,17,19H,5-6,9,11-12H2,1-4H3. The van der Waals surface area contributed by atoms with E-state index < -0.39 is 0 Å². The van der Waals surface area contributed by atoms with Gasteiger partial charge in [0.2, 0.25) is 0 Å². The van der Waals surface area contributed by atoms with E-state index in [1.807, 2.05) is 0 Å². The highest BCUT2D eigenvalue weighted by molar-refractivity contribution is 5.37. The molecule has 1 aromatic rings. The third-order valence-electron chi connectivity index (χ3n) is 4.03. The molecule has 1 aromatic carbocycles. The van der Waals surface area contributed by atoms with Crippen LogP contribution in [0.25, 0.3) is 0 Å². The SMILES string of the molecule is Cc1ccc(C(C)C)cc1OC(C)CNCC1CCCO1. The van der Waals surface area contributed by atoms with E-state index in [0.29, 0.717) is 12.0 Å². The fraction of sp³-hybridized carbons (Fsp3) is 0.667. The molecule has 1 saturated heterocycles. The van der Waals surface area contributed by atoms with Crippen LogP contribution in [-0.4, -0.2) is 31.9 Å². The maximum absolute atomic E-state index is 6.10. The average Bonchev–Trinajstić information content (AvgIpc) is 2.94. The van der Waals surface area contributed by atoms with Crippen LogP contribution in [0.4, 0.5) is 0 Å². The maximum atomic E-state index is 6.10. The Bertz CT molecular complexity index is 439. The quantitative estimate of drug-likeness (QED) is 0.831. The van der Waals surface area contributed by atoms with E-state index in [1.165, 1.54) is 24.0 Å². The summed E-state index contributed by atoms with van der Waals surface area (Å²) in [4.78, 5) is 0. The highest BCUT2D eigenvalue weighted by atomic mass is 16.5. The lowest BCUT2D eigenvalue weighted by atomic mass is 10.0. The number of benzene rings is 1. The zero-order valence-corrected chi connectivity index (χ0v) is 13.8. The number of aryl methyl sites for hydroxylation is 1. The summed E-state index contributed by atoms with van der Waals surface area (Å²) < 4.78 is 11.7. The molecule has 21 heavy (non-hydrogen) atoms. The smallest absolute Gasteiger partial charge is 0.122 e. The lowest BCUT2D eigenvalue weighted by Gasteiger charge is -2.19. The van der Waals surface area contributed by atoms with E-state index >= 15 is 0 Å². The van der Waals surface area contributed by atoms with Crippen molar-refractivity contribution in [2.45, 2.75) is 58.7 Å². The molecule has 0 amide bonds. The molecular weight excluding hydrogens is 262 g/mol. The molecule has 0 radical (unpaired) electrons. The Kier molecular flexibility index (Phi) is 6.07. The van der Waals surface area contributed by atoms with Crippen molar-refractivity contribution in [1.29, 1.82) is 0 Å². The summed E-state index contributed by atoms with van der Waals surface area (Å²) in [7, 11) is 0. The minimum Gasteiger partial charge on any atom is -0.489 e. The van der Waals surface area contributed by atoms with Gasteiger partial charge in [-0.1, -0.05) is 26.0 Å². The van der Waals surface area contributed by atoms with Crippen molar-refractivity contribution in [3.63, 3.8) is 0 Å². The first-order valence-corrected chi connectivity index (χ1v) is 8.15. The van der Waals surface area contributed by atoms with Crippen molar-refractivity contribution in [3.8, 4) is 5.75 Å². The second-order valence-corrected chi connectivity index (χ2v) is 6.40. The Hall–Kier alpha value is -1.06. The molecule has 0 spiro atoms. The van der Waals surface area contributed by atoms with E-state index in [-0.39, 0.29) is 6.10 Å². The zero-order chi connectivity index (χ0) is 15.2. The molecule has 2 atom stereocenters. The minimum absolute atomic E-state index is 0.160. The van der Waals surface area contributed by atoms with E-state index in [1.54, 1.807) is 0 Å². The number of hydrogen-bond acceptors (Lipinski definition) is 3. The van der Waals surface area contributed by atoms with Crippen molar-refractivity contribution < 1.29 is 9.47 Å². The largest absolute Gasteiger partial charge is 0.489 e. The first kappa shape index (κ1) is 16.3. The predicted molar refractivity (Wildman–Crippen MR) is 87.2 cm³/mol. The molecule has 2 unspecified atom stereocenters. The van der Waals surface area contributed by atoms with Crippen LogP contribution < -0.4 is 10.1 Å². The molecule has 0 aliphatic carbocycles. The molecular formula is C18H29NO2. The fourth-order valence-corrected chi connectivity index (χ4v) is 2.61. The lowest BCUT2D eigenvalue weighted by Crippen LogP contribution is -2.34. The Morgan fingerprint density at radius 3 is 2.81 bits per heavy atom. The molecule has 0 bridgehead atoms. The molecule has 3 heteroatoms. The summed E-state index contributed by atoms with van der Waals surface area (Å²) in [6, 6.07) is 6.51. The monoisotopic (exact) mass is 291 g/mol. The molecule has 118 valence electrons. The van der Waals surface area contributed by atoms with Crippen molar-refractivity contribution in [2.75, 3.05) is 19.7 Å². The second-order valence-electron chi connectivity index (χ2n) is 6.40. The van der Waals surface area contributed by atoms with Crippen LogP contribution >= 0.6 is 0 Å². The number of nitrogens with one attached hydrogen (secondary N) is 1. The third kappa shape index (κ3) is 5.01. The van der Waals surface area contributed by atoms with Crippen LogP contribution in [-0.2, 0) is 4.74 Å². The zero-order valence-electron chi connectivity index (χ0n) is 13.8. The molecule has 1 heterocycles. The topological polar surface area (TPSA) is 30.5 Å². The summed E-state index contributed by atoms with van der Waals surface area (Å²) in [5.74, 6) is 1.54. The van der Waals surface area contributed by atoms with Gasteiger partial charge in [-0.2, -0.15) is 0 Å². The Morgan fingerprint density at radius 1 is 1.33 bits per heavy atom. The van der Waals surface area contributed by atoms with Crippen molar-refractivity contribution in [2.24, 2.45) is 0 Å². The number of hydrogen-bond donors (Lipinski definition) is 1. The normalized spacial score (nSPS) is 20.0. The Balaban J connectivity index is 1.81. The van der Waals surface area contributed by atoms with Gasteiger partial charge in [-0.25, -0.2) is 0 Å². The predicted octanol–water partition coefficient (Wildman–Crippen LogP) is 3.65. The summed E-state index contributed by atoms with van der Waals surface area (Å²) in [6.07, 6.45) is 2.92. The molecule has 1 fully saturated rings. The molecule has 3 nitrogen and oxygen atoms in total. The third-order valence-corrected chi connectivity index (χ3v) is 4.03. The molecule has 0 saturated carbocycles. The van der Waals surface area contributed by atoms with Gasteiger partial charge in [0.15, 0.2) is 0 Å². The van der Waals surface area contributed by atoms with Gasteiger partial charge >= 0.3 is 0 Å². The number of rotatable bonds is 7. The van der Waals surface area contributed by atoms with Crippen LogP contribution in [0.5, 0.6) is 5.75 Å². The van der Waals surface area contributed by atoms with E-state index in [2.05, 4.69) is 51.2 Å². The first-order chi connectivity index (χ1) is 10.1. The minimum atomic E-state index is 0.160. The Morgan fingerprint density at radius 2 is 2.14 bits per heavy atom. The summed E-state index contributed by atoms with van der Waals surface area (Å²) in [5.41, 5.74) is 2.53. The first-order valence-electron chi connectivity index (χ1n) is 8.15. The van der Waals surface area contributed by atoms with Crippen LogP contribution in [0.3, 0.4) is 0 Å². The van der Waals surface area contributed by atoms with Crippen molar-refractivity contribution >= 4 is 0 Å². The van der Waals surface area contributed by atoms with Gasteiger partial charge in [-0.3, -0.25) is 0 Å². The van der Waals surface area contributed by atoms with E-state index in [9.17, 15) is 0 Å². The summed E-state index contributed by atoms with van der Waals surface area (Å²) in [5, 5.41) is 3.45. The summed E-state index contributed by atoms with van der Waals surface area (Å²) in [6.45, 7) is 11.3. The van der Waals surface area contributed by atoms with Crippen LogP contribution in [0, 0.1) is 6.92 Å². The molecule has 1 aliphatic rings. The highest BCUT2D eigenvalue weighted by Gasteiger charge is 2.15.